The van der Waals surface area contributed by atoms with Gasteiger partial charge in [-0.25, -0.2) is 0 Å². The Morgan fingerprint density at radius 2 is 2.19 bits per heavy atom. The molecule has 0 saturated carbocycles. The third-order valence-corrected chi connectivity index (χ3v) is 5.28. The maximum atomic E-state index is 4.58. The summed E-state index contributed by atoms with van der Waals surface area (Å²) in [4.78, 5) is 4.58. The molecule has 3 atom stereocenters. The van der Waals surface area contributed by atoms with E-state index in [1.54, 1.807) is 0 Å². The fourth-order valence-corrected chi connectivity index (χ4v) is 3.50. The van der Waals surface area contributed by atoms with E-state index >= 15 is 0 Å². The molecular formula is C12H19AsBrN2+. The normalized spacial score (nSPS) is 29.0. The molecule has 0 spiro atoms. The molecule has 88 valence electrons. The summed E-state index contributed by atoms with van der Waals surface area (Å²) >= 11 is 5.33. The van der Waals surface area contributed by atoms with Gasteiger partial charge < -0.3 is 0 Å². The first-order valence-electron chi connectivity index (χ1n) is 5.69. The third kappa shape index (κ3) is 2.69. The zero-order valence-electron chi connectivity index (χ0n) is 9.86. The molecule has 2 heterocycles. The molecule has 0 aliphatic carbocycles. The first-order valence-corrected chi connectivity index (χ1v) is 7.88. The monoisotopic (exact) mass is 345 g/mol. The minimum absolute atomic E-state index is 0.568. The van der Waals surface area contributed by atoms with Crippen molar-refractivity contribution in [1.29, 1.82) is 0 Å². The number of hydrogen-bond donors (Lipinski definition) is 0. The number of halogens is 1. The number of aromatic nitrogens is 1. The molecule has 0 bridgehead atoms. The van der Waals surface area contributed by atoms with Crippen LogP contribution in [0.5, 0.6) is 0 Å². The first kappa shape index (κ1) is 12.6. The van der Waals surface area contributed by atoms with E-state index in [1.807, 2.05) is 23.0 Å². The summed E-state index contributed by atoms with van der Waals surface area (Å²) in [6.45, 7) is 1.27. The molecule has 1 saturated heterocycles. The van der Waals surface area contributed by atoms with Crippen molar-refractivity contribution in [3.63, 3.8) is 0 Å². The maximum absolute atomic E-state index is 4.58. The average molecular weight is 346 g/mol. The molecule has 0 amide bonds. The van der Waals surface area contributed by atoms with Crippen molar-refractivity contribution in [3.8, 4) is 0 Å². The van der Waals surface area contributed by atoms with Gasteiger partial charge in [0, 0.05) is 0 Å². The minimum atomic E-state index is 0.568. The molecular weight excluding hydrogens is 327 g/mol. The zero-order chi connectivity index (χ0) is 11.8. The Kier molecular flexibility index (Phi) is 3.78. The van der Waals surface area contributed by atoms with Crippen molar-refractivity contribution >= 4 is 32.8 Å². The van der Waals surface area contributed by atoms with Crippen LogP contribution in [0.4, 0.5) is 0 Å². The van der Waals surface area contributed by atoms with Crippen molar-refractivity contribution in [2.24, 2.45) is 0 Å². The number of rotatable bonds is 1. The molecule has 2 rings (SSSR count). The predicted molar refractivity (Wildman–Crippen MR) is 73.2 cm³/mol. The van der Waals surface area contributed by atoms with Gasteiger partial charge in [-0.05, 0) is 0 Å². The summed E-state index contributed by atoms with van der Waals surface area (Å²) in [5.41, 5.74) is 1.25. The summed E-state index contributed by atoms with van der Waals surface area (Å²) in [6.07, 6.45) is 4.56. The van der Waals surface area contributed by atoms with Gasteiger partial charge in [0.1, 0.15) is 0 Å². The second kappa shape index (κ2) is 4.79. The summed E-state index contributed by atoms with van der Waals surface area (Å²) in [6, 6.07) is 4.84. The van der Waals surface area contributed by atoms with E-state index in [0.717, 1.165) is 13.7 Å². The van der Waals surface area contributed by atoms with Crippen LogP contribution in [0.1, 0.15) is 24.6 Å². The fraction of sp³-hybridized carbons (Fsp3) is 0.583. The van der Waals surface area contributed by atoms with Gasteiger partial charge in [0.15, 0.2) is 0 Å². The molecule has 2 nitrogen and oxygen atoms in total. The van der Waals surface area contributed by atoms with Crippen LogP contribution in [0, 0.1) is 0 Å². The fourth-order valence-electron chi connectivity index (χ4n) is 2.41. The van der Waals surface area contributed by atoms with E-state index < -0.39 is 0 Å². The Morgan fingerprint density at radius 1 is 1.44 bits per heavy atom. The molecule has 1 aromatic heterocycles. The number of quaternary nitrogens is 1. The summed E-state index contributed by atoms with van der Waals surface area (Å²) in [5.74, 6) is 0. The Hall–Kier alpha value is 0.148. The number of hydrogen-bond acceptors (Lipinski definition) is 1. The molecule has 0 radical (unpaired) electrons. The zero-order valence-corrected chi connectivity index (χ0v) is 13.9. The van der Waals surface area contributed by atoms with Crippen LogP contribution in [0.2, 0.25) is 4.71 Å². The van der Waals surface area contributed by atoms with Crippen LogP contribution in [-0.2, 0) is 0 Å². The van der Waals surface area contributed by atoms with Gasteiger partial charge in [0.2, 0.25) is 0 Å². The van der Waals surface area contributed by atoms with E-state index in [0.29, 0.717) is 6.04 Å². The Bertz CT molecular complexity index is 364. The van der Waals surface area contributed by atoms with Gasteiger partial charge in [0.25, 0.3) is 0 Å². The SMILES string of the molecule is C[N+]1(C)CCC([AsH2])CC1c1ccc(Br)cn1. The van der Waals surface area contributed by atoms with Gasteiger partial charge in [-0.15, -0.1) is 0 Å². The van der Waals surface area contributed by atoms with Gasteiger partial charge in [-0.1, -0.05) is 0 Å². The summed E-state index contributed by atoms with van der Waals surface area (Å²) in [7, 11) is 4.65. The second-order valence-electron chi connectivity index (χ2n) is 5.20. The Morgan fingerprint density at radius 3 is 2.81 bits per heavy atom. The van der Waals surface area contributed by atoms with Crippen LogP contribution < -0.4 is 0 Å². The predicted octanol–water partition coefficient (Wildman–Crippen LogP) is 2.18. The van der Waals surface area contributed by atoms with Crippen LogP contribution in [-0.4, -0.2) is 47.0 Å². The van der Waals surface area contributed by atoms with Crippen LogP contribution >= 0.6 is 15.9 Å². The summed E-state index contributed by atoms with van der Waals surface area (Å²) in [5, 5.41) is 0. The standard InChI is InChI=1S/C12H19AsBrN2/c1-16(2)6-5-9(13)7-12(16)11-4-3-10(14)8-15-11/h3-4,8-9,12H,5-7,13H2,1-2H3/q+1. The molecule has 0 aromatic carbocycles. The third-order valence-electron chi connectivity index (χ3n) is 3.54. The van der Waals surface area contributed by atoms with E-state index in [1.165, 1.54) is 25.1 Å². The van der Waals surface area contributed by atoms with Gasteiger partial charge in [-0.2, -0.15) is 0 Å². The Balaban J connectivity index is 2.26. The van der Waals surface area contributed by atoms with Gasteiger partial charge >= 0.3 is 115 Å². The molecule has 1 aromatic rings. The van der Waals surface area contributed by atoms with E-state index in [-0.39, 0.29) is 0 Å². The van der Waals surface area contributed by atoms with Crippen LogP contribution in [0.25, 0.3) is 0 Å². The van der Waals surface area contributed by atoms with E-state index in [4.69, 9.17) is 0 Å². The van der Waals surface area contributed by atoms with Crippen molar-refractivity contribution in [2.45, 2.75) is 23.6 Å². The molecule has 1 aliphatic rings. The Labute approximate surface area is 115 Å². The molecule has 3 unspecified atom stereocenters. The number of likely N-dealkylation sites (tertiary alicyclic amines) is 1. The van der Waals surface area contributed by atoms with E-state index in [9.17, 15) is 0 Å². The molecule has 16 heavy (non-hydrogen) atoms. The van der Waals surface area contributed by atoms with Crippen molar-refractivity contribution in [2.75, 3.05) is 20.6 Å². The summed E-state index contributed by atoms with van der Waals surface area (Å²) < 4.78 is 3.03. The van der Waals surface area contributed by atoms with Crippen molar-refractivity contribution in [1.82, 2.24) is 4.98 Å². The number of piperidine rings is 1. The first-order chi connectivity index (χ1) is 7.49. The molecule has 0 N–H and O–H groups in total. The number of pyridine rings is 1. The van der Waals surface area contributed by atoms with E-state index in [2.05, 4.69) is 47.1 Å². The molecule has 1 aliphatic heterocycles. The molecule has 4 heteroatoms. The van der Waals surface area contributed by atoms with Crippen LogP contribution in [0.3, 0.4) is 0 Å². The second-order valence-corrected chi connectivity index (χ2v) is 8.10. The van der Waals surface area contributed by atoms with Gasteiger partial charge in [-0.3, -0.25) is 0 Å². The van der Waals surface area contributed by atoms with Crippen molar-refractivity contribution < 1.29 is 4.48 Å². The number of nitrogens with zero attached hydrogens (tertiary/aromatic N) is 2. The van der Waals surface area contributed by atoms with Crippen molar-refractivity contribution in [3.05, 3.63) is 28.5 Å². The quantitative estimate of drug-likeness (QED) is 0.561. The topological polar surface area (TPSA) is 12.9 Å². The van der Waals surface area contributed by atoms with Crippen LogP contribution in [0.15, 0.2) is 22.8 Å². The molecule has 1 fully saturated rings. The van der Waals surface area contributed by atoms with Gasteiger partial charge in [0.05, 0.1) is 0 Å². The average Bonchev–Trinajstić information content (AvgIpc) is 2.23.